The second kappa shape index (κ2) is 11.9. The van der Waals surface area contributed by atoms with Crippen LogP contribution >= 0.6 is 0 Å². The van der Waals surface area contributed by atoms with E-state index in [-0.39, 0.29) is 24.8 Å². The molecule has 6 heteroatoms. The summed E-state index contributed by atoms with van der Waals surface area (Å²) in [6, 6.07) is 24.1. The fourth-order valence-corrected chi connectivity index (χ4v) is 3.91. The van der Waals surface area contributed by atoms with E-state index in [0.29, 0.717) is 13.2 Å². The number of carbonyl (C=O) groups excluding carboxylic acids is 2. The van der Waals surface area contributed by atoms with Crippen molar-refractivity contribution in [1.82, 2.24) is 0 Å². The maximum absolute atomic E-state index is 11.7. The fraction of sp³-hybridized carbons (Fsp3) is 0.200. The van der Waals surface area contributed by atoms with Gasteiger partial charge in [0.1, 0.15) is 0 Å². The molecule has 0 radical (unpaired) electrons. The topological polar surface area (TPSA) is 60.4 Å². The molecule has 0 aliphatic heterocycles. The molecule has 0 saturated heterocycles. The normalized spacial score (nSPS) is 10.6. The maximum atomic E-state index is 11.7. The third-order valence-corrected chi connectivity index (χ3v) is 5.77. The molecule has 2 aromatic carbocycles. The third kappa shape index (κ3) is 6.42. The molecule has 0 amide bonds. The Labute approximate surface area is 211 Å². The Balaban J connectivity index is 1.40. The van der Waals surface area contributed by atoms with Crippen molar-refractivity contribution >= 4 is 11.9 Å². The first-order valence-corrected chi connectivity index (χ1v) is 12.1. The first-order chi connectivity index (χ1) is 17.6. The highest BCUT2D eigenvalue weighted by Gasteiger charge is 2.11. The van der Waals surface area contributed by atoms with Crippen molar-refractivity contribution in [3.63, 3.8) is 0 Å². The highest BCUT2D eigenvalue weighted by molar-refractivity contribution is 5.73. The van der Waals surface area contributed by atoms with Gasteiger partial charge >= 0.3 is 11.9 Å². The van der Waals surface area contributed by atoms with Crippen molar-refractivity contribution in [2.45, 2.75) is 26.7 Å². The summed E-state index contributed by atoms with van der Waals surface area (Å²) < 4.78 is 14.1. The number of esters is 2. The molecule has 36 heavy (non-hydrogen) atoms. The molecular formula is C30H30N2O4+2. The van der Waals surface area contributed by atoms with E-state index in [4.69, 9.17) is 9.47 Å². The summed E-state index contributed by atoms with van der Waals surface area (Å²) in [4.78, 5) is 23.3. The third-order valence-electron chi connectivity index (χ3n) is 5.77. The number of hydrogen-bond donors (Lipinski definition) is 0. The first-order valence-electron chi connectivity index (χ1n) is 12.1. The lowest BCUT2D eigenvalue weighted by Crippen LogP contribution is -2.29. The highest BCUT2D eigenvalue weighted by Crippen LogP contribution is 2.17. The van der Waals surface area contributed by atoms with Gasteiger partial charge in [-0.25, -0.2) is 0 Å². The largest absolute Gasteiger partial charge is 0.466 e. The molecule has 4 aromatic rings. The molecule has 0 fully saturated rings. The Hall–Kier alpha value is -4.32. The van der Waals surface area contributed by atoms with Crippen LogP contribution in [0.3, 0.4) is 0 Å². The summed E-state index contributed by atoms with van der Waals surface area (Å²) in [5.41, 5.74) is 6.13. The van der Waals surface area contributed by atoms with Gasteiger partial charge in [0.2, 0.25) is 11.4 Å². The van der Waals surface area contributed by atoms with Crippen LogP contribution in [0.15, 0.2) is 97.6 Å². The number of rotatable bonds is 9. The molecular weight excluding hydrogens is 452 g/mol. The van der Waals surface area contributed by atoms with E-state index in [9.17, 15) is 9.59 Å². The second-order valence-electron chi connectivity index (χ2n) is 8.28. The zero-order valence-corrected chi connectivity index (χ0v) is 20.6. The molecule has 6 nitrogen and oxygen atoms in total. The fourth-order valence-electron chi connectivity index (χ4n) is 3.91. The monoisotopic (exact) mass is 482 g/mol. The molecule has 0 unspecified atom stereocenters. The van der Waals surface area contributed by atoms with E-state index < -0.39 is 0 Å². The molecule has 0 N–H and O–H groups in total. The Morgan fingerprint density at radius 2 is 0.889 bits per heavy atom. The van der Waals surface area contributed by atoms with Gasteiger partial charge in [0.25, 0.3) is 0 Å². The summed E-state index contributed by atoms with van der Waals surface area (Å²) in [7, 11) is 0. The quantitative estimate of drug-likeness (QED) is 0.266. The lowest BCUT2D eigenvalue weighted by atomic mass is 10.1. The first kappa shape index (κ1) is 24.8. The van der Waals surface area contributed by atoms with Crippen LogP contribution in [0.5, 0.6) is 0 Å². The molecule has 182 valence electrons. The average molecular weight is 483 g/mol. The molecule has 0 saturated carbocycles. The van der Waals surface area contributed by atoms with Gasteiger partial charge in [0, 0.05) is 48.5 Å². The summed E-state index contributed by atoms with van der Waals surface area (Å²) in [6.07, 6.45) is 8.67. The van der Waals surface area contributed by atoms with Crippen LogP contribution in [0, 0.1) is 0 Å². The maximum Gasteiger partial charge on any atom is 0.310 e. The Kier molecular flexibility index (Phi) is 8.19. The Morgan fingerprint density at radius 3 is 1.19 bits per heavy atom. The van der Waals surface area contributed by atoms with Gasteiger partial charge in [0.05, 0.1) is 26.1 Å². The van der Waals surface area contributed by atoms with Gasteiger partial charge in [0.15, 0.2) is 24.8 Å². The van der Waals surface area contributed by atoms with Crippen molar-refractivity contribution in [3.05, 3.63) is 109 Å². The van der Waals surface area contributed by atoms with E-state index in [1.807, 2.05) is 96.3 Å². The van der Waals surface area contributed by atoms with Gasteiger partial charge < -0.3 is 9.47 Å². The van der Waals surface area contributed by atoms with Crippen LogP contribution in [-0.2, 0) is 31.9 Å². The van der Waals surface area contributed by atoms with E-state index >= 15 is 0 Å². The zero-order chi connectivity index (χ0) is 25.3. The summed E-state index contributed by atoms with van der Waals surface area (Å²) in [6.45, 7) is 4.41. The molecule has 0 aliphatic carbocycles. The molecule has 0 bridgehead atoms. The minimum Gasteiger partial charge on any atom is -0.466 e. The predicted octanol–water partition coefficient (Wildman–Crippen LogP) is 4.12. The van der Waals surface area contributed by atoms with Crippen molar-refractivity contribution < 1.29 is 28.2 Å². The van der Waals surface area contributed by atoms with Crippen LogP contribution in [-0.4, -0.2) is 25.2 Å². The molecule has 4 rings (SSSR count). The molecule has 0 spiro atoms. The minimum atomic E-state index is -0.211. The van der Waals surface area contributed by atoms with Crippen LogP contribution < -0.4 is 9.13 Å². The number of ether oxygens (including phenoxy) is 2. The van der Waals surface area contributed by atoms with E-state index in [1.54, 1.807) is 0 Å². The van der Waals surface area contributed by atoms with E-state index in [1.165, 1.54) is 0 Å². The van der Waals surface area contributed by atoms with Gasteiger partial charge in [-0.2, -0.15) is 9.13 Å². The number of nitrogens with zero attached hydrogens (tertiary/aromatic N) is 2. The van der Waals surface area contributed by atoms with E-state index in [2.05, 4.69) is 24.3 Å². The molecule has 2 heterocycles. The molecule has 2 aromatic heterocycles. The van der Waals surface area contributed by atoms with Crippen molar-refractivity contribution in [1.29, 1.82) is 0 Å². The van der Waals surface area contributed by atoms with Crippen LogP contribution in [0.25, 0.3) is 22.5 Å². The number of aromatic nitrogens is 2. The molecule has 0 atom stereocenters. The zero-order valence-electron chi connectivity index (χ0n) is 20.6. The average Bonchev–Trinajstić information content (AvgIpc) is 2.90. The van der Waals surface area contributed by atoms with Crippen molar-refractivity contribution in [3.8, 4) is 22.5 Å². The van der Waals surface area contributed by atoms with Gasteiger partial charge in [-0.05, 0) is 36.1 Å². The second-order valence-corrected chi connectivity index (χ2v) is 8.28. The number of carbonyl (C=O) groups is 2. The molecule has 0 aliphatic rings. The van der Waals surface area contributed by atoms with Gasteiger partial charge in [-0.15, -0.1) is 0 Å². The highest BCUT2D eigenvalue weighted by atomic mass is 16.5. The van der Waals surface area contributed by atoms with Gasteiger partial charge in [-0.1, -0.05) is 24.3 Å². The summed E-state index contributed by atoms with van der Waals surface area (Å²) in [5.74, 6) is -0.421. The van der Waals surface area contributed by atoms with Crippen LogP contribution in [0.1, 0.15) is 25.0 Å². The standard InChI is InChI=1S/C30H30N2O4/c1-3-35-29(33)21-23-5-9-27(10-6-23)31-17-13-25(14-18-31)26-15-19-32(20-16-26)28-11-7-24(8-12-28)22-30(34)36-4-2/h5-20H,3-4,21-22H2,1-2H3/q+2. The number of pyridine rings is 2. The van der Waals surface area contributed by atoms with Crippen molar-refractivity contribution in [2.24, 2.45) is 0 Å². The van der Waals surface area contributed by atoms with Crippen LogP contribution in [0.2, 0.25) is 0 Å². The summed E-state index contributed by atoms with van der Waals surface area (Å²) >= 11 is 0. The van der Waals surface area contributed by atoms with Crippen molar-refractivity contribution in [2.75, 3.05) is 13.2 Å². The van der Waals surface area contributed by atoms with Gasteiger partial charge in [-0.3, -0.25) is 9.59 Å². The van der Waals surface area contributed by atoms with E-state index in [0.717, 1.165) is 33.6 Å². The lowest BCUT2D eigenvalue weighted by Gasteiger charge is -2.04. The lowest BCUT2D eigenvalue weighted by molar-refractivity contribution is -0.596. The number of benzene rings is 2. The predicted molar refractivity (Wildman–Crippen MR) is 136 cm³/mol. The van der Waals surface area contributed by atoms with Crippen LogP contribution in [0.4, 0.5) is 0 Å². The smallest absolute Gasteiger partial charge is 0.310 e. The number of hydrogen-bond acceptors (Lipinski definition) is 4. The minimum absolute atomic E-state index is 0.211. The Morgan fingerprint density at radius 1 is 0.556 bits per heavy atom. The summed E-state index contributed by atoms with van der Waals surface area (Å²) in [5, 5.41) is 0. The Bertz CT molecular complexity index is 1190. The SMILES string of the molecule is CCOC(=O)Cc1ccc(-[n+]2ccc(-c3cc[n+](-c4ccc(CC(=O)OCC)cc4)cc3)cc2)cc1.